The molecule has 0 bridgehead atoms. The number of carbonyl (C=O) groups is 1. The molecule has 5 nitrogen and oxygen atoms in total. The third-order valence-electron chi connectivity index (χ3n) is 4.05. The van der Waals surface area contributed by atoms with Crippen molar-refractivity contribution >= 4 is 16.0 Å². The Kier molecular flexibility index (Phi) is 4.84. The fourth-order valence-corrected chi connectivity index (χ4v) is 4.58. The Labute approximate surface area is 115 Å². The first-order valence-corrected chi connectivity index (χ1v) is 8.81. The average molecular weight is 289 g/mol. The summed E-state index contributed by atoms with van der Waals surface area (Å²) in [7, 11) is -3.40. The molecule has 1 N–H and O–H groups in total. The van der Waals surface area contributed by atoms with Gasteiger partial charge in [0, 0.05) is 12.6 Å². The van der Waals surface area contributed by atoms with Gasteiger partial charge in [0.2, 0.25) is 10.0 Å². The van der Waals surface area contributed by atoms with Gasteiger partial charge in [0.15, 0.2) is 0 Å². The lowest BCUT2D eigenvalue weighted by Crippen LogP contribution is -2.39. The van der Waals surface area contributed by atoms with Crippen LogP contribution in [0, 0.1) is 5.92 Å². The molecule has 2 fully saturated rings. The van der Waals surface area contributed by atoms with Crippen molar-refractivity contribution in [3.63, 3.8) is 0 Å². The zero-order valence-corrected chi connectivity index (χ0v) is 12.1. The van der Waals surface area contributed by atoms with Crippen LogP contribution in [-0.2, 0) is 14.8 Å². The number of hydrogen-bond donors (Lipinski definition) is 1. The van der Waals surface area contributed by atoms with Crippen LogP contribution >= 0.6 is 0 Å². The minimum Gasteiger partial charge on any atom is -0.481 e. The lowest BCUT2D eigenvalue weighted by Gasteiger charge is -2.29. The second kappa shape index (κ2) is 6.22. The van der Waals surface area contributed by atoms with Gasteiger partial charge in [-0.25, -0.2) is 8.42 Å². The molecule has 0 aliphatic heterocycles. The Morgan fingerprint density at radius 2 is 1.74 bits per heavy atom. The van der Waals surface area contributed by atoms with E-state index in [0.29, 0.717) is 12.5 Å². The van der Waals surface area contributed by atoms with E-state index in [1.165, 1.54) is 19.3 Å². The van der Waals surface area contributed by atoms with Crippen molar-refractivity contribution in [2.24, 2.45) is 5.92 Å². The summed E-state index contributed by atoms with van der Waals surface area (Å²) >= 11 is 0. The maximum Gasteiger partial charge on any atom is 0.304 e. The quantitative estimate of drug-likeness (QED) is 0.776. The van der Waals surface area contributed by atoms with E-state index in [2.05, 4.69) is 0 Å². The van der Waals surface area contributed by atoms with Crippen molar-refractivity contribution in [1.29, 1.82) is 0 Å². The predicted molar refractivity (Wildman–Crippen MR) is 72.3 cm³/mol. The van der Waals surface area contributed by atoms with Crippen LogP contribution in [0.3, 0.4) is 0 Å². The van der Waals surface area contributed by atoms with Crippen LogP contribution in [-0.4, -0.2) is 42.1 Å². The number of carboxylic acids is 1. The van der Waals surface area contributed by atoms with E-state index in [4.69, 9.17) is 5.11 Å². The highest BCUT2D eigenvalue weighted by atomic mass is 32.2. The van der Waals surface area contributed by atoms with Gasteiger partial charge in [-0.15, -0.1) is 0 Å². The molecule has 2 aliphatic rings. The topological polar surface area (TPSA) is 74.7 Å². The first kappa shape index (κ1) is 14.8. The van der Waals surface area contributed by atoms with E-state index in [1.54, 1.807) is 4.31 Å². The molecule has 0 spiro atoms. The molecule has 0 atom stereocenters. The summed E-state index contributed by atoms with van der Waals surface area (Å²) in [5, 5.41) is 8.65. The highest BCUT2D eigenvalue weighted by Crippen LogP contribution is 2.33. The lowest BCUT2D eigenvalue weighted by atomic mass is 9.89. The van der Waals surface area contributed by atoms with Gasteiger partial charge < -0.3 is 5.11 Å². The molecule has 2 saturated carbocycles. The van der Waals surface area contributed by atoms with E-state index >= 15 is 0 Å². The smallest absolute Gasteiger partial charge is 0.304 e. The summed E-state index contributed by atoms with van der Waals surface area (Å²) in [4.78, 5) is 10.6. The van der Waals surface area contributed by atoms with Gasteiger partial charge in [-0.05, 0) is 31.6 Å². The molecule has 0 heterocycles. The van der Waals surface area contributed by atoms with Crippen LogP contribution in [0.5, 0.6) is 0 Å². The van der Waals surface area contributed by atoms with Crippen LogP contribution in [0.4, 0.5) is 0 Å². The first-order valence-electron chi connectivity index (χ1n) is 7.20. The number of aliphatic carboxylic acids is 1. The van der Waals surface area contributed by atoms with Crippen LogP contribution < -0.4 is 0 Å². The highest BCUT2D eigenvalue weighted by Gasteiger charge is 2.38. The van der Waals surface area contributed by atoms with Crippen molar-refractivity contribution < 1.29 is 18.3 Å². The van der Waals surface area contributed by atoms with E-state index in [-0.39, 0.29) is 18.2 Å². The van der Waals surface area contributed by atoms with Crippen LogP contribution in [0.25, 0.3) is 0 Å². The number of rotatable bonds is 7. The third kappa shape index (κ3) is 4.45. The van der Waals surface area contributed by atoms with Crippen LogP contribution in [0.15, 0.2) is 0 Å². The molecule has 0 aromatic heterocycles. The van der Waals surface area contributed by atoms with Gasteiger partial charge >= 0.3 is 5.97 Å². The Bertz CT molecular complexity index is 410. The Morgan fingerprint density at radius 3 is 2.26 bits per heavy atom. The molecule has 0 aromatic rings. The van der Waals surface area contributed by atoms with E-state index in [0.717, 1.165) is 25.7 Å². The van der Waals surface area contributed by atoms with E-state index in [1.807, 2.05) is 0 Å². The summed E-state index contributed by atoms with van der Waals surface area (Å²) < 4.78 is 26.1. The van der Waals surface area contributed by atoms with Gasteiger partial charge in [0.1, 0.15) is 0 Å². The molecule has 0 radical (unpaired) electrons. The van der Waals surface area contributed by atoms with Gasteiger partial charge in [0.25, 0.3) is 0 Å². The third-order valence-corrected chi connectivity index (χ3v) is 5.93. The SMILES string of the molecule is O=C(O)CCS(=O)(=O)N(CC1CCCCC1)C1CC1. The first-order chi connectivity index (χ1) is 8.99. The molecule has 19 heavy (non-hydrogen) atoms. The monoisotopic (exact) mass is 289 g/mol. The summed E-state index contributed by atoms with van der Waals surface area (Å²) in [6.07, 6.45) is 7.42. The van der Waals surface area contributed by atoms with Gasteiger partial charge in [0.05, 0.1) is 12.2 Å². The molecule has 110 valence electrons. The van der Waals surface area contributed by atoms with E-state index in [9.17, 15) is 13.2 Å². The van der Waals surface area contributed by atoms with Crippen molar-refractivity contribution in [1.82, 2.24) is 4.31 Å². The molecule has 2 aliphatic carbocycles. The second-order valence-electron chi connectivity index (χ2n) is 5.76. The average Bonchev–Trinajstić information content (AvgIpc) is 3.19. The summed E-state index contributed by atoms with van der Waals surface area (Å²) in [6.45, 7) is 0.604. The van der Waals surface area contributed by atoms with Crippen molar-refractivity contribution in [2.75, 3.05) is 12.3 Å². The normalized spacial score (nSPS) is 21.7. The predicted octanol–water partition coefficient (Wildman–Crippen LogP) is 1.84. The lowest BCUT2D eigenvalue weighted by molar-refractivity contribution is -0.136. The zero-order valence-electron chi connectivity index (χ0n) is 11.3. The van der Waals surface area contributed by atoms with Crippen LogP contribution in [0.2, 0.25) is 0 Å². The number of nitrogens with zero attached hydrogens (tertiary/aromatic N) is 1. The van der Waals surface area contributed by atoms with Gasteiger partial charge in [-0.3, -0.25) is 4.79 Å². The summed E-state index contributed by atoms with van der Waals surface area (Å²) in [5.74, 6) is -0.836. The Morgan fingerprint density at radius 1 is 1.11 bits per heavy atom. The summed E-state index contributed by atoms with van der Waals surface area (Å²) in [5.41, 5.74) is 0. The van der Waals surface area contributed by atoms with Crippen LogP contribution in [0.1, 0.15) is 51.4 Å². The second-order valence-corrected chi connectivity index (χ2v) is 7.81. The van der Waals surface area contributed by atoms with E-state index < -0.39 is 16.0 Å². The fourth-order valence-electron chi connectivity index (χ4n) is 2.81. The standard InChI is InChI=1S/C13H23NO4S/c15-13(16)8-9-19(17,18)14(12-6-7-12)10-11-4-2-1-3-5-11/h11-12H,1-10H2,(H,15,16). The minimum absolute atomic E-state index is 0.140. The Hall–Kier alpha value is -0.620. The largest absolute Gasteiger partial charge is 0.481 e. The number of carboxylic acid groups (broad SMARTS) is 1. The summed E-state index contributed by atoms with van der Waals surface area (Å²) in [6, 6.07) is 0.140. The minimum atomic E-state index is -3.40. The maximum atomic E-state index is 12.3. The van der Waals surface area contributed by atoms with Crippen molar-refractivity contribution in [3.8, 4) is 0 Å². The highest BCUT2D eigenvalue weighted by molar-refractivity contribution is 7.89. The molecule has 6 heteroatoms. The van der Waals surface area contributed by atoms with Gasteiger partial charge in [-0.1, -0.05) is 19.3 Å². The molecular formula is C13H23NO4S. The molecule has 0 amide bonds. The maximum absolute atomic E-state index is 12.3. The molecule has 0 unspecified atom stereocenters. The number of sulfonamides is 1. The Balaban J connectivity index is 1.96. The van der Waals surface area contributed by atoms with Crippen molar-refractivity contribution in [2.45, 2.75) is 57.4 Å². The molecular weight excluding hydrogens is 266 g/mol. The molecule has 2 rings (SSSR count). The molecule has 0 saturated heterocycles. The zero-order chi connectivity index (χ0) is 13.9. The molecule has 0 aromatic carbocycles. The van der Waals surface area contributed by atoms with Gasteiger partial charge in [-0.2, -0.15) is 4.31 Å². The number of hydrogen-bond acceptors (Lipinski definition) is 3. The fraction of sp³-hybridized carbons (Fsp3) is 0.923. The van der Waals surface area contributed by atoms with Crippen molar-refractivity contribution in [3.05, 3.63) is 0 Å².